The third-order valence-electron chi connectivity index (χ3n) is 3.14. The molecule has 84 valence electrons. The van der Waals surface area contributed by atoms with Gasteiger partial charge in [0, 0.05) is 6.54 Å². The van der Waals surface area contributed by atoms with Gasteiger partial charge in [0.2, 0.25) is 0 Å². The summed E-state index contributed by atoms with van der Waals surface area (Å²) < 4.78 is 0. The molecule has 2 unspecified atom stereocenters. The molecule has 1 aliphatic rings. The lowest BCUT2D eigenvalue weighted by atomic mass is 10.0. The molecule has 0 amide bonds. The van der Waals surface area contributed by atoms with Crippen molar-refractivity contribution in [1.82, 2.24) is 4.90 Å². The van der Waals surface area contributed by atoms with Gasteiger partial charge in [0.15, 0.2) is 0 Å². The number of nitrogens with two attached hydrogens (primary N) is 1. The molecule has 0 radical (unpaired) electrons. The number of rotatable bonds is 4. The van der Waals surface area contributed by atoms with Gasteiger partial charge >= 0.3 is 0 Å². The molecular weight excluding hydrogens is 176 g/mol. The van der Waals surface area contributed by atoms with Crippen molar-refractivity contribution < 1.29 is 5.11 Å². The lowest BCUT2D eigenvalue weighted by Crippen LogP contribution is -2.28. The molecule has 1 fully saturated rings. The Hall–Kier alpha value is -0.120. The number of aliphatic hydroxyl groups is 1. The van der Waals surface area contributed by atoms with Crippen LogP contribution in [0.4, 0.5) is 0 Å². The summed E-state index contributed by atoms with van der Waals surface area (Å²) >= 11 is 0. The summed E-state index contributed by atoms with van der Waals surface area (Å²) in [4.78, 5) is 2.46. The van der Waals surface area contributed by atoms with Crippen molar-refractivity contribution in [3.63, 3.8) is 0 Å². The van der Waals surface area contributed by atoms with Crippen molar-refractivity contribution in [1.29, 1.82) is 0 Å². The number of hydrogen-bond donors (Lipinski definition) is 2. The van der Waals surface area contributed by atoms with Crippen LogP contribution in [0.25, 0.3) is 0 Å². The molecule has 2 atom stereocenters. The Kier molecular flexibility index (Phi) is 5.45. The fourth-order valence-corrected chi connectivity index (χ4v) is 2.05. The van der Waals surface area contributed by atoms with Gasteiger partial charge in [0.25, 0.3) is 0 Å². The first-order chi connectivity index (χ1) is 6.72. The average Bonchev–Trinajstić information content (AvgIpc) is 2.39. The van der Waals surface area contributed by atoms with Crippen molar-refractivity contribution >= 4 is 0 Å². The molecule has 1 rings (SSSR count). The van der Waals surface area contributed by atoms with E-state index in [0.29, 0.717) is 0 Å². The van der Waals surface area contributed by atoms with Gasteiger partial charge in [-0.2, -0.15) is 0 Å². The number of nitrogens with zero attached hydrogens (tertiary/aromatic N) is 1. The summed E-state index contributed by atoms with van der Waals surface area (Å²) in [6.45, 7) is 6.08. The van der Waals surface area contributed by atoms with E-state index in [9.17, 15) is 5.11 Å². The Morgan fingerprint density at radius 3 is 2.86 bits per heavy atom. The molecule has 3 nitrogen and oxygen atoms in total. The summed E-state index contributed by atoms with van der Waals surface area (Å²) in [6.07, 6.45) is 4.51. The first kappa shape index (κ1) is 12.0. The van der Waals surface area contributed by atoms with E-state index >= 15 is 0 Å². The van der Waals surface area contributed by atoms with Crippen LogP contribution in [0, 0.1) is 5.92 Å². The first-order valence-electron chi connectivity index (χ1n) is 5.83. The summed E-state index contributed by atoms with van der Waals surface area (Å²) in [6, 6.07) is 0. The molecule has 1 saturated heterocycles. The standard InChI is InChI=1S/C11H24N2O/c1-10(14)4-7-13-6-2-3-11(9-12)5-8-13/h10-11,14H,2-9,12H2,1H3. The van der Waals surface area contributed by atoms with E-state index in [1.54, 1.807) is 0 Å². The number of aliphatic hydroxyl groups excluding tert-OH is 1. The highest BCUT2D eigenvalue weighted by Crippen LogP contribution is 2.16. The smallest absolute Gasteiger partial charge is 0.0524 e. The van der Waals surface area contributed by atoms with Crippen molar-refractivity contribution in [2.45, 2.75) is 38.7 Å². The lowest BCUT2D eigenvalue weighted by Gasteiger charge is -2.20. The van der Waals surface area contributed by atoms with E-state index in [2.05, 4.69) is 4.90 Å². The second-order valence-corrected chi connectivity index (χ2v) is 4.51. The molecule has 0 aromatic rings. The maximum absolute atomic E-state index is 9.20. The SMILES string of the molecule is CC(O)CCN1CCCC(CN)CC1. The van der Waals surface area contributed by atoms with Crippen LogP contribution in [0.1, 0.15) is 32.6 Å². The molecule has 1 aliphatic heterocycles. The van der Waals surface area contributed by atoms with Gasteiger partial charge in [-0.1, -0.05) is 0 Å². The molecule has 0 spiro atoms. The normalized spacial score (nSPS) is 27.2. The molecular formula is C11H24N2O. The summed E-state index contributed by atoms with van der Waals surface area (Å²) in [7, 11) is 0. The number of hydrogen-bond acceptors (Lipinski definition) is 3. The summed E-state index contributed by atoms with van der Waals surface area (Å²) in [5.41, 5.74) is 5.68. The minimum absolute atomic E-state index is 0.163. The number of likely N-dealkylation sites (tertiary alicyclic amines) is 1. The van der Waals surface area contributed by atoms with Crippen LogP contribution in [-0.4, -0.2) is 42.3 Å². The van der Waals surface area contributed by atoms with E-state index in [0.717, 1.165) is 32.0 Å². The minimum Gasteiger partial charge on any atom is -0.393 e. The first-order valence-corrected chi connectivity index (χ1v) is 5.83. The maximum atomic E-state index is 9.20. The Morgan fingerprint density at radius 2 is 2.21 bits per heavy atom. The van der Waals surface area contributed by atoms with Gasteiger partial charge in [0.05, 0.1) is 6.10 Å². The third kappa shape index (κ3) is 4.40. The molecule has 0 saturated carbocycles. The largest absolute Gasteiger partial charge is 0.393 e. The second-order valence-electron chi connectivity index (χ2n) is 4.51. The Bertz CT molecular complexity index is 150. The van der Waals surface area contributed by atoms with Crippen molar-refractivity contribution in [2.24, 2.45) is 11.7 Å². The third-order valence-corrected chi connectivity index (χ3v) is 3.14. The second kappa shape index (κ2) is 6.38. The molecule has 3 N–H and O–H groups in total. The average molecular weight is 200 g/mol. The Morgan fingerprint density at radius 1 is 1.43 bits per heavy atom. The van der Waals surface area contributed by atoms with Crippen molar-refractivity contribution in [3.05, 3.63) is 0 Å². The van der Waals surface area contributed by atoms with Crippen LogP contribution in [0.2, 0.25) is 0 Å². The topological polar surface area (TPSA) is 49.5 Å². The van der Waals surface area contributed by atoms with Gasteiger partial charge < -0.3 is 15.7 Å². The fourth-order valence-electron chi connectivity index (χ4n) is 2.05. The zero-order valence-electron chi connectivity index (χ0n) is 9.28. The molecule has 0 aromatic carbocycles. The molecule has 0 aliphatic carbocycles. The molecule has 0 bridgehead atoms. The molecule has 0 aromatic heterocycles. The minimum atomic E-state index is -0.163. The molecule has 3 heteroatoms. The highest BCUT2D eigenvalue weighted by atomic mass is 16.3. The fraction of sp³-hybridized carbons (Fsp3) is 1.00. The zero-order valence-corrected chi connectivity index (χ0v) is 9.28. The van der Waals surface area contributed by atoms with E-state index in [4.69, 9.17) is 5.73 Å². The highest BCUT2D eigenvalue weighted by Gasteiger charge is 2.15. The van der Waals surface area contributed by atoms with E-state index in [1.807, 2.05) is 6.92 Å². The highest BCUT2D eigenvalue weighted by molar-refractivity contribution is 4.70. The quantitative estimate of drug-likeness (QED) is 0.706. The Balaban J connectivity index is 2.20. The van der Waals surface area contributed by atoms with Crippen LogP contribution in [0.15, 0.2) is 0 Å². The summed E-state index contributed by atoms with van der Waals surface area (Å²) in [5, 5.41) is 9.20. The van der Waals surface area contributed by atoms with Crippen LogP contribution in [0.3, 0.4) is 0 Å². The van der Waals surface area contributed by atoms with Gasteiger partial charge in [-0.05, 0) is 58.2 Å². The van der Waals surface area contributed by atoms with Crippen molar-refractivity contribution in [3.8, 4) is 0 Å². The maximum Gasteiger partial charge on any atom is 0.0524 e. The van der Waals surface area contributed by atoms with Crippen LogP contribution in [-0.2, 0) is 0 Å². The van der Waals surface area contributed by atoms with Gasteiger partial charge in [0.1, 0.15) is 0 Å². The lowest BCUT2D eigenvalue weighted by molar-refractivity contribution is 0.157. The Labute approximate surface area is 87.3 Å². The van der Waals surface area contributed by atoms with E-state index in [-0.39, 0.29) is 6.10 Å². The molecule has 14 heavy (non-hydrogen) atoms. The molecule has 1 heterocycles. The van der Waals surface area contributed by atoms with Gasteiger partial charge in [-0.25, -0.2) is 0 Å². The van der Waals surface area contributed by atoms with Crippen LogP contribution >= 0.6 is 0 Å². The van der Waals surface area contributed by atoms with Gasteiger partial charge in [-0.15, -0.1) is 0 Å². The predicted octanol–water partition coefficient (Wildman–Crippen LogP) is 0.818. The zero-order chi connectivity index (χ0) is 10.4. The van der Waals surface area contributed by atoms with E-state index < -0.39 is 0 Å². The predicted molar refractivity (Wildman–Crippen MR) is 59.1 cm³/mol. The van der Waals surface area contributed by atoms with Gasteiger partial charge in [-0.3, -0.25) is 0 Å². The van der Waals surface area contributed by atoms with E-state index in [1.165, 1.54) is 25.8 Å². The van der Waals surface area contributed by atoms with Crippen LogP contribution < -0.4 is 5.73 Å². The van der Waals surface area contributed by atoms with Crippen LogP contribution in [0.5, 0.6) is 0 Å². The monoisotopic (exact) mass is 200 g/mol. The summed E-state index contributed by atoms with van der Waals surface area (Å²) in [5.74, 6) is 0.728. The van der Waals surface area contributed by atoms with Crippen molar-refractivity contribution in [2.75, 3.05) is 26.2 Å².